The number of carboxylic acids is 1. The van der Waals surface area contributed by atoms with Crippen LogP contribution in [0.25, 0.3) is 0 Å². The minimum atomic E-state index is -0.793. The maximum Gasteiger partial charge on any atom is 0.303 e. The Bertz CT molecular complexity index is 383. The number of hydrogen-bond donors (Lipinski definition) is 1. The van der Waals surface area contributed by atoms with Gasteiger partial charge in [-0.1, -0.05) is 19.8 Å². The van der Waals surface area contributed by atoms with Crippen LogP contribution < -0.4 is 0 Å². The number of likely N-dealkylation sites (tertiary alicyclic amines) is 1. The van der Waals surface area contributed by atoms with Crippen LogP contribution in [0.5, 0.6) is 0 Å². The predicted molar refractivity (Wildman–Crippen MR) is 72.8 cm³/mol. The van der Waals surface area contributed by atoms with Crippen molar-refractivity contribution in [2.24, 2.45) is 17.8 Å². The summed E-state index contributed by atoms with van der Waals surface area (Å²) in [6, 6.07) is 0. The van der Waals surface area contributed by atoms with E-state index in [1.807, 2.05) is 0 Å². The number of carbonyl (C=O) groups is 3. The lowest BCUT2D eigenvalue weighted by Gasteiger charge is -2.17. The molecular formula is C15H23NO4. The van der Waals surface area contributed by atoms with Crippen LogP contribution in [0.2, 0.25) is 0 Å². The third kappa shape index (κ3) is 3.02. The van der Waals surface area contributed by atoms with Gasteiger partial charge in [-0.25, -0.2) is 0 Å². The molecule has 0 spiro atoms. The van der Waals surface area contributed by atoms with Gasteiger partial charge in [-0.05, 0) is 31.6 Å². The van der Waals surface area contributed by atoms with E-state index in [9.17, 15) is 14.4 Å². The Morgan fingerprint density at radius 3 is 2.25 bits per heavy atom. The summed E-state index contributed by atoms with van der Waals surface area (Å²) in [6.45, 7) is 2.57. The molecular weight excluding hydrogens is 258 g/mol. The topological polar surface area (TPSA) is 74.7 Å². The van der Waals surface area contributed by atoms with E-state index in [2.05, 4.69) is 6.92 Å². The Balaban J connectivity index is 1.79. The van der Waals surface area contributed by atoms with Gasteiger partial charge in [-0.3, -0.25) is 19.3 Å². The van der Waals surface area contributed by atoms with Crippen LogP contribution in [0.4, 0.5) is 0 Å². The second kappa shape index (κ2) is 6.37. The molecule has 5 nitrogen and oxygen atoms in total. The second-order valence-corrected chi connectivity index (χ2v) is 5.99. The van der Waals surface area contributed by atoms with Gasteiger partial charge in [0.1, 0.15) is 0 Å². The second-order valence-electron chi connectivity index (χ2n) is 5.99. The van der Waals surface area contributed by atoms with Gasteiger partial charge >= 0.3 is 5.97 Å². The maximum absolute atomic E-state index is 12.2. The molecule has 20 heavy (non-hydrogen) atoms. The van der Waals surface area contributed by atoms with Gasteiger partial charge in [-0.15, -0.1) is 0 Å². The van der Waals surface area contributed by atoms with Crippen LogP contribution in [0.15, 0.2) is 0 Å². The van der Waals surface area contributed by atoms with Crippen LogP contribution >= 0.6 is 0 Å². The molecule has 0 bridgehead atoms. The molecule has 112 valence electrons. The molecule has 1 aliphatic carbocycles. The van der Waals surface area contributed by atoms with Gasteiger partial charge in [0.2, 0.25) is 11.8 Å². The zero-order valence-corrected chi connectivity index (χ0v) is 12.0. The molecule has 5 heteroatoms. The Morgan fingerprint density at radius 1 is 1.15 bits per heavy atom. The summed E-state index contributed by atoms with van der Waals surface area (Å²) in [5, 5.41) is 8.55. The van der Waals surface area contributed by atoms with Gasteiger partial charge in [0.15, 0.2) is 0 Å². The molecule has 0 aromatic rings. The third-order valence-corrected chi connectivity index (χ3v) is 4.68. The SMILES string of the molecule is CCC1CC2C(=O)N(CCCCCC(=O)O)C(=O)C2C1. The highest BCUT2D eigenvalue weighted by atomic mass is 16.4. The van der Waals surface area contributed by atoms with E-state index < -0.39 is 5.97 Å². The minimum Gasteiger partial charge on any atom is -0.481 e. The quantitative estimate of drug-likeness (QED) is 0.572. The average Bonchev–Trinajstić information content (AvgIpc) is 2.92. The van der Waals surface area contributed by atoms with Crippen molar-refractivity contribution in [3.63, 3.8) is 0 Å². The lowest BCUT2D eigenvalue weighted by molar-refractivity contribution is -0.141. The summed E-state index contributed by atoms with van der Waals surface area (Å²) in [5.74, 6) is -0.407. The van der Waals surface area contributed by atoms with Crippen LogP contribution in [-0.4, -0.2) is 34.3 Å². The average molecular weight is 281 g/mol. The largest absolute Gasteiger partial charge is 0.481 e. The van der Waals surface area contributed by atoms with Crippen LogP contribution in [-0.2, 0) is 14.4 Å². The molecule has 0 radical (unpaired) electrons. The molecule has 2 atom stereocenters. The number of amides is 2. The molecule has 0 aromatic heterocycles. The van der Waals surface area contributed by atoms with E-state index in [1.165, 1.54) is 4.90 Å². The van der Waals surface area contributed by atoms with E-state index in [4.69, 9.17) is 5.11 Å². The van der Waals surface area contributed by atoms with E-state index >= 15 is 0 Å². The zero-order valence-electron chi connectivity index (χ0n) is 12.0. The van der Waals surface area contributed by atoms with Crippen molar-refractivity contribution in [1.29, 1.82) is 0 Å². The molecule has 2 rings (SSSR count). The van der Waals surface area contributed by atoms with Gasteiger partial charge in [0.05, 0.1) is 11.8 Å². The first-order chi connectivity index (χ1) is 9.54. The summed E-state index contributed by atoms with van der Waals surface area (Å²) in [5.41, 5.74) is 0. The summed E-state index contributed by atoms with van der Waals surface area (Å²) >= 11 is 0. The van der Waals surface area contributed by atoms with Gasteiger partial charge in [0.25, 0.3) is 0 Å². The molecule has 1 saturated carbocycles. The van der Waals surface area contributed by atoms with Gasteiger partial charge in [-0.2, -0.15) is 0 Å². The standard InChI is InChI=1S/C15H23NO4/c1-2-10-8-11-12(9-10)15(20)16(14(11)19)7-5-3-4-6-13(17)18/h10-12H,2-9H2,1H3,(H,17,18). The van der Waals surface area contributed by atoms with E-state index in [0.717, 1.165) is 25.7 Å². The lowest BCUT2D eigenvalue weighted by atomic mass is 10.00. The summed E-state index contributed by atoms with van der Waals surface area (Å²) in [6.07, 6.45) is 4.99. The van der Waals surface area contributed by atoms with Crippen molar-refractivity contribution in [2.45, 2.75) is 51.9 Å². The van der Waals surface area contributed by atoms with Crippen LogP contribution in [0, 0.1) is 17.8 Å². The predicted octanol–water partition coefficient (Wildman–Crippen LogP) is 2.05. The first-order valence-corrected chi connectivity index (χ1v) is 7.61. The van der Waals surface area contributed by atoms with Gasteiger partial charge in [0, 0.05) is 13.0 Å². The number of carbonyl (C=O) groups excluding carboxylic acids is 2. The highest BCUT2D eigenvalue weighted by molar-refractivity contribution is 6.05. The fraction of sp³-hybridized carbons (Fsp3) is 0.800. The Labute approximate surface area is 119 Å². The highest BCUT2D eigenvalue weighted by Gasteiger charge is 2.51. The van der Waals surface area contributed by atoms with Gasteiger partial charge < -0.3 is 5.11 Å². The molecule has 1 aliphatic heterocycles. The molecule has 2 fully saturated rings. The number of aliphatic carboxylic acids is 1. The Morgan fingerprint density at radius 2 is 1.75 bits per heavy atom. The number of nitrogens with zero attached hydrogens (tertiary/aromatic N) is 1. The number of carboxylic acid groups (broad SMARTS) is 1. The lowest BCUT2D eigenvalue weighted by Crippen LogP contribution is -2.33. The normalized spacial score (nSPS) is 29.1. The zero-order chi connectivity index (χ0) is 14.7. The molecule has 2 amide bonds. The molecule has 2 aliphatic rings. The summed E-state index contributed by atoms with van der Waals surface area (Å²) in [4.78, 5) is 36.3. The number of hydrogen-bond acceptors (Lipinski definition) is 3. The summed E-state index contributed by atoms with van der Waals surface area (Å²) in [7, 11) is 0. The highest BCUT2D eigenvalue weighted by Crippen LogP contribution is 2.44. The first kappa shape index (κ1) is 15.0. The number of imide groups is 1. The van der Waals surface area contributed by atoms with Crippen LogP contribution in [0.1, 0.15) is 51.9 Å². The Hall–Kier alpha value is -1.39. The van der Waals surface area contributed by atoms with Crippen LogP contribution in [0.3, 0.4) is 0 Å². The van der Waals surface area contributed by atoms with Crippen molar-refractivity contribution >= 4 is 17.8 Å². The number of unbranched alkanes of at least 4 members (excludes halogenated alkanes) is 2. The summed E-state index contributed by atoms with van der Waals surface area (Å²) < 4.78 is 0. The van der Waals surface area contributed by atoms with E-state index in [1.54, 1.807) is 0 Å². The molecule has 1 heterocycles. The smallest absolute Gasteiger partial charge is 0.303 e. The van der Waals surface area contributed by atoms with Crippen molar-refractivity contribution in [3.8, 4) is 0 Å². The number of rotatable bonds is 7. The van der Waals surface area contributed by atoms with Crippen molar-refractivity contribution < 1.29 is 19.5 Å². The molecule has 1 N–H and O–H groups in total. The third-order valence-electron chi connectivity index (χ3n) is 4.68. The molecule has 2 unspecified atom stereocenters. The Kier molecular flexibility index (Phi) is 4.78. The fourth-order valence-electron chi connectivity index (χ4n) is 3.47. The molecule has 0 aromatic carbocycles. The molecule has 1 saturated heterocycles. The monoisotopic (exact) mass is 281 g/mol. The van der Waals surface area contributed by atoms with Crippen molar-refractivity contribution in [1.82, 2.24) is 4.90 Å². The maximum atomic E-state index is 12.2. The minimum absolute atomic E-state index is 0.00850. The van der Waals surface area contributed by atoms with E-state index in [0.29, 0.717) is 25.3 Å². The first-order valence-electron chi connectivity index (χ1n) is 7.61. The van der Waals surface area contributed by atoms with E-state index in [-0.39, 0.29) is 30.1 Å². The number of fused-ring (bicyclic) bond motifs is 1. The van der Waals surface area contributed by atoms with Crippen molar-refractivity contribution in [2.75, 3.05) is 6.54 Å². The fourth-order valence-corrected chi connectivity index (χ4v) is 3.47. The van der Waals surface area contributed by atoms with Crippen molar-refractivity contribution in [3.05, 3.63) is 0 Å².